The fourth-order valence-corrected chi connectivity index (χ4v) is 2.88. The topological polar surface area (TPSA) is 165 Å². The second kappa shape index (κ2) is 12.0. The summed E-state index contributed by atoms with van der Waals surface area (Å²) in [4.78, 5) is 47.3. The van der Waals surface area contributed by atoms with Gasteiger partial charge in [0, 0.05) is 6.42 Å². The van der Waals surface area contributed by atoms with Crippen molar-refractivity contribution in [2.24, 2.45) is 11.5 Å². The number of thioether (sulfide) groups is 1. The van der Waals surface area contributed by atoms with Crippen molar-refractivity contribution in [3.63, 3.8) is 0 Å². The zero-order chi connectivity index (χ0) is 21.1. The molecular formula is C18H26N4O5S. The summed E-state index contributed by atoms with van der Waals surface area (Å²) >= 11 is 1.54. The molecule has 0 aliphatic carbocycles. The maximum absolute atomic E-state index is 12.6. The molecule has 10 heteroatoms. The van der Waals surface area contributed by atoms with Crippen molar-refractivity contribution in [3.8, 4) is 0 Å². The van der Waals surface area contributed by atoms with Crippen LogP contribution in [-0.2, 0) is 25.6 Å². The Labute approximate surface area is 167 Å². The fourth-order valence-electron chi connectivity index (χ4n) is 2.39. The Balaban J connectivity index is 2.92. The molecule has 0 saturated heterocycles. The number of carbonyl (C=O) groups is 4. The Morgan fingerprint density at radius 2 is 1.68 bits per heavy atom. The van der Waals surface area contributed by atoms with Gasteiger partial charge < -0.3 is 27.2 Å². The quantitative estimate of drug-likeness (QED) is 0.302. The van der Waals surface area contributed by atoms with Crippen molar-refractivity contribution in [3.05, 3.63) is 35.9 Å². The van der Waals surface area contributed by atoms with Crippen molar-refractivity contribution in [1.82, 2.24) is 10.6 Å². The summed E-state index contributed by atoms with van der Waals surface area (Å²) < 4.78 is 0. The first kappa shape index (κ1) is 23.4. The summed E-state index contributed by atoms with van der Waals surface area (Å²) in [6, 6.07) is 5.60. The van der Waals surface area contributed by atoms with E-state index < -0.39 is 48.2 Å². The van der Waals surface area contributed by atoms with Crippen LogP contribution in [0.4, 0.5) is 0 Å². The van der Waals surface area contributed by atoms with Crippen LogP contribution in [0.1, 0.15) is 18.4 Å². The number of hydrogen-bond donors (Lipinski definition) is 5. The minimum absolute atomic E-state index is 0.135. The smallest absolute Gasteiger partial charge is 0.326 e. The molecular weight excluding hydrogens is 384 g/mol. The van der Waals surface area contributed by atoms with E-state index in [1.54, 1.807) is 36.0 Å². The number of carboxylic acid groups (broad SMARTS) is 1. The van der Waals surface area contributed by atoms with Crippen molar-refractivity contribution in [2.45, 2.75) is 37.4 Å². The Bertz CT molecular complexity index is 686. The maximum atomic E-state index is 12.6. The second-order valence-electron chi connectivity index (χ2n) is 6.21. The molecule has 0 aliphatic heterocycles. The molecule has 28 heavy (non-hydrogen) atoms. The molecule has 0 spiro atoms. The highest BCUT2D eigenvalue weighted by molar-refractivity contribution is 7.98. The van der Waals surface area contributed by atoms with Gasteiger partial charge in [-0.2, -0.15) is 11.8 Å². The van der Waals surface area contributed by atoms with Crippen molar-refractivity contribution >= 4 is 35.5 Å². The van der Waals surface area contributed by atoms with Crippen LogP contribution < -0.4 is 22.1 Å². The van der Waals surface area contributed by atoms with Crippen LogP contribution >= 0.6 is 11.8 Å². The molecule has 3 amide bonds. The number of nitrogens with two attached hydrogens (primary N) is 2. The van der Waals surface area contributed by atoms with Crippen molar-refractivity contribution in [1.29, 1.82) is 0 Å². The normalized spacial score (nSPS) is 13.8. The van der Waals surface area contributed by atoms with E-state index in [0.29, 0.717) is 12.2 Å². The fraction of sp³-hybridized carbons (Fsp3) is 0.444. The first-order chi connectivity index (χ1) is 13.2. The number of nitrogens with one attached hydrogen (secondary N) is 2. The second-order valence-corrected chi connectivity index (χ2v) is 7.19. The Morgan fingerprint density at radius 3 is 2.21 bits per heavy atom. The van der Waals surface area contributed by atoms with Gasteiger partial charge in [0.25, 0.3) is 0 Å². The average Bonchev–Trinajstić information content (AvgIpc) is 2.65. The van der Waals surface area contributed by atoms with Gasteiger partial charge in [-0.3, -0.25) is 14.4 Å². The Morgan fingerprint density at radius 1 is 1.07 bits per heavy atom. The van der Waals surface area contributed by atoms with E-state index in [2.05, 4.69) is 10.6 Å². The van der Waals surface area contributed by atoms with E-state index in [9.17, 15) is 24.3 Å². The SMILES string of the molecule is CSCCC(N)C(=O)NC(Cc1ccccc1)C(=O)NC(CC(N)=O)C(=O)O. The highest BCUT2D eigenvalue weighted by atomic mass is 32.2. The van der Waals surface area contributed by atoms with Crippen LogP contribution in [0.3, 0.4) is 0 Å². The summed E-state index contributed by atoms with van der Waals surface area (Å²) in [5.74, 6) is -2.82. The molecule has 0 radical (unpaired) electrons. The van der Waals surface area contributed by atoms with E-state index >= 15 is 0 Å². The molecule has 0 bridgehead atoms. The third-order valence-electron chi connectivity index (χ3n) is 3.91. The van der Waals surface area contributed by atoms with Crippen LogP contribution in [0.5, 0.6) is 0 Å². The molecule has 0 saturated carbocycles. The molecule has 1 aromatic rings. The van der Waals surface area contributed by atoms with Gasteiger partial charge in [0.15, 0.2) is 0 Å². The molecule has 154 valence electrons. The number of amides is 3. The van der Waals surface area contributed by atoms with Crippen LogP contribution in [0.15, 0.2) is 30.3 Å². The molecule has 0 fully saturated rings. The lowest BCUT2D eigenvalue weighted by Crippen LogP contribution is -2.55. The largest absolute Gasteiger partial charge is 0.480 e. The average molecular weight is 410 g/mol. The summed E-state index contributed by atoms with van der Waals surface area (Å²) in [5, 5.41) is 14.0. The predicted molar refractivity (Wildman–Crippen MR) is 106 cm³/mol. The predicted octanol–water partition coefficient (Wildman–Crippen LogP) is -0.761. The van der Waals surface area contributed by atoms with Crippen LogP contribution in [0, 0.1) is 0 Å². The molecule has 3 unspecified atom stereocenters. The molecule has 1 rings (SSSR count). The van der Waals surface area contributed by atoms with Crippen LogP contribution in [-0.4, -0.2) is 58.9 Å². The lowest BCUT2D eigenvalue weighted by molar-refractivity contribution is -0.143. The van der Waals surface area contributed by atoms with Gasteiger partial charge in [0.05, 0.1) is 12.5 Å². The van der Waals surface area contributed by atoms with E-state index in [0.717, 1.165) is 5.56 Å². The van der Waals surface area contributed by atoms with Gasteiger partial charge in [-0.15, -0.1) is 0 Å². The van der Waals surface area contributed by atoms with Crippen molar-refractivity contribution in [2.75, 3.05) is 12.0 Å². The van der Waals surface area contributed by atoms with Gasteiger partial charge in [-0.25, -0.2) is 4.79 Å². The number of benzene rings is 1. The Hall–Kier alpha value is -2.59. The minimum atomic E-state index is -1.48. The molecule has 1 aromatic carbocycles. The number of carboxylic acids is 1. The lowest BCUT2D eigenvalue weighted by Gasteiger charge is -2.22. The number of hydrogen-bond acceptors (Lipinski definition) is 6. The van der Waals surface area contributed by atoms with Gasteiger partial charge >= 0.3 is 5.97 Å². The lowest BCUT2D eigenvalue weighted by atomic mass is 10.0. The summed E-state index contributed by atoms with van der Waals surface area (Å²) in [7, 11) is 0. The van der Waals surface area contributed by atoms with E-state index in [-0.39, 0.29) is 6.42 Å². The highest BCUT2D eigenvalue weighted by Crippen LogP contribution is 2.06. The first-order valence-corrected chi connectivity index (χ1v) is 10.0. The zero-order valence-corrected chi connectivity index (χ0v) is 16.4. The molecule has 9 nitrogen and oxygen atoms in total. The van der Waals surface area contributed by atoms with Crippen molar-refractivity contribution < 1.29 is 24.3 Å². The van der Waals surface area contributed by atoms with Crippen LogP contribution in [0.2, 0.25) is 0 Å². The molecule has 3 atom stereocenters. The molecule has 0 aliphatic rings. The number of aliphatic carboxylic acids is 1. The number of carbonyl (C=O) groups excluding carboxylic acids is 3. The van der Waals surface area contributed by atoms with Gasteiger partial charge in [-0.05, 0) is 24.0 Å². The highest BCUT2D eigenvalue weighted by Gasteiger charge is 2.29. The molecule has 7 N–H and O–H groups in total. The monoisotopic (exact) mass is 410 g/mol. The Kier molecular flexibility index (Phi) is 10.0. The first-order valence-electron chi connectivity index (χ1n) is 8.64. The molecule has 0 aromatic heterocycles. The zero-order valence-electron chi connectivity index (χ0n) is 15.6. The van der Waals surface area contributed by atoms with Crippen LogP contribution in [0.25, 0.3) is 0 Å². The minimum Gasteiger partial charge on any atom is -0.480 e. The number of primary amides is 1. The van der Waals surface area contributed by atoms with Gasteiger partial charge in [-0.1, -0.05) is 30.3 Å². The summed E-state index contributed by atoms with van der Waals surface area (Å²) in [5.41, 5.74) is 11.6. The van der Waals surface area contributed by atoms with E-state index in [4.69, 9.17) is 11.5 Å². The van der Waals surface area contributed by atoms with Gasteiger partial charge in [0.2, 0.25) is 17.7 Å². The summed E-state index contributed by atoms with van der Waals surface area (Å²) in [6.07, 6.45) is 1.91. The van der Waals surface area contributed by atoms with E-state index in [1.165, 1.54) is 0 Å². The standard InChI is InChI=1S/C18H26N4O5S/c1-28-8-7-12(19)16(24)21-13(9-11-5-3-2-4-6-11)17(25)22-14(18(26)27)10-15(20)23/h2-6,12-14H,7-10,19H2,1H3,(H2,20,23)(H,21,24)(H,22,25)(H,26,27). The van der Waals surface area contributed by atoms with E-state index in [1.807, 2.05) is 12.3 Å². The third kappa shape index (κ3) is 8.40. The van der Waals surface area contributed by atoms with Gasteiger partial charge in [0.1, 0.15) is 12.1 Å². The third-order valence-corrected chi connectivity index (χ3v) is 4.55. The number of rotatable bonds is 12. The molecule has 0 heterocycles. The maximum Gasteiger partial charge on any atom is 0.326 e. The summed E-state index contributed by atoms with van der Waals surface area (Å²) in [6.45, 7) is 0.